The number of ketones is 1. The number of fused-ring (bicyclic) bond motifs is 1. The maximum atomic E-state index is 13.8. The SMILES string of the molecule is CCC.O=C1/C(=C/c2ccccc2F)CCC2CC3(CCC12)OCCO3. The third-order valence-electron chi connectivity index (χ3n) is 5.46. The van der Waals surface area contributed by atoms with E-state index in [-0.39, 0.29) is 17.5 Å². The molecule has 0 bridgehead atoms. The fourth-order valence-corrected chi connectivity index (χ4v) is 4.29. The van der Waals surface area contributed by atoms with E-state index in [1.54, 1.807) is 24.3 Å². The molecule has 0 aromatic heterocycles. The fraction of sp³-hybridized carbons (Fsp3) is 0.591. The molecule has 1 aromatic carbocycles. The Hall–Kier alpha value is -1.52. The van der Waals surface area contributed by atoms with Gasteiger partial charge in [-0.25, -0.2) is 4.39 Å². The maximum absolute atomic E-state index is 13.8. The molecule has 3 aliphatic rings. The quantitative estimate of drug-likeness (QED) is 0.650. The lowest BCUT2D eigenvalue weighted by atomic mass is 9.66. The van der Waals surface area contributed by atoms with E-state index in [4.69, 9.17) is 9.47 Å². The molecule has 1 aliphatic heterocycles. The van der Waals surface area contributed by atoms with Gasteiger partial charge in [0, 0.05) is 24.3 Å². The number of rotatable bonds is 1. The summed E-state index contributed by atoms with van der Waals surface area (Å²) in [4.78, 5) is 12.8. The van der Waals surface area contributed by atoms with E-state index in [9.17, 15) is 9.18 Å². The average Bonchev–Trinajstić information content (AvgIpc) is 3.07. The minimum atomic E-state index is -0.436. The largest absolute Gasteiger partial charge is 0.348 e. The number of hydrogen-bond donors (Lipinski definition) is 0. The summed E-state index contributed by atoms with van der Waals surface area (Å²) < 4.78 is 25.4. The number of ether oxygens (including phenoxy) is 2. The van der Waals surface area contributed by atoms with E-state index in [2.05, 4.69) is 13.8 Å². The first-order valence-electron chi connectivity index (χ1n) is 9.86. The van der Waals surface area contributed by atoms with Crippen LogP contribution in [0.4, 0.5) is 4.39 Å². The Morgan fingerprint density at radius 2 is 1.88 bits per heavy atom. The van der Waals surface area contributed by atoms with Crippen LogP contribution in [0.15, 0.2) is 29.8 Å². The van der Waals surface area contributed by atoms with Crippen molar-refractivity contribution in [1.82, 2.24) is 0 Å². The lowest BCUT2D eigenvalue weighted by Gasteiger charge is -2.43. The normalized spacial score (nSPS) is 28.6. The van der Waals surface area contributed by atoms with Gasteiger partial charge in [0.1, 0.15) is 5.82 Å². The molecule has 3 fully saturated rings. The van der Waals surface area contributed by atoms with Gasteiger partial charge in [0.2, 0.25) is 0 Å². The first-order valence-corrected chi connectivity index (χ1v) is 9.86. The molecule has 0 amide bonds. The van der Waals surface area contributed by atoms with Crippen molar-refractivity contribution < 1.29 is 18.7 Å². The summed E-state index contributed by atoms with van der Waals surface area (Å²) in [6.45, 7) is 5.56. The van der Waals surface area contributed by atoms with Crippen LogP contribution in [0.1, 0.15) is 57.9 Å². The van der Waals surface area contributed by atoms with Crippen LogP contribution in [-0.4, -0.2) is 24.8 Å². The molecule has 0 radical (unpaired) electrons. The van der Waals surface area contributed by atoms with Crippen LogP contribution in [0.3, 0.4) is 0 Å². The lowest BCUT2D eigenvalue weighted by molar-refractivity contribution is -0.196. The minimum Gasteiger partial charge on any atom is -0.348 e. The van der Waals surface area contributed by atoms with Gasteiger partial charge >= 0.3 is 0 Å². The number of Topliss-reactive ketones (excluding diaryl/α,β-unsaturated/α-hetero) is 1. The summed E-state index contributed by atoms with van der Waals surface area (Å²) in [7, 11) is 0. The van der Waals surface area contributed by atoms with E-state index < -0.39 is 5.79 Å². The molecule has 0 N–H and O–H groups in total. The third-order valence-corrected chi connectivity index (χ3v) is 5.46. The highest BCUT2D eigenvalue weighted by molar-refractivity contribution is 6.02. The van der Waals surface area contributed by atoms with Gasteiger partial charge in [-0.3, -0.25) is 4.79 Å². The van der Waals surface area contributed by atoms with Crippen molar-refractivity contribution in [3.8, 4) is 0 Å². The first kappa shape index (κ1) is 19.2. The van der Waals surface area contributed by atoms with Crippen molar-refractivity contribution in [1.29, 1.82) is 0 Å². The Balaban J connectivity index is 0.000000613. The van der Waals surface area contributed by atoms with E-state index in [0.717, 1.165) is 31.3 Å². The van der Waals surface area contributed by atoms with Crippen molar-refractivity contribution in [2.24, 2.45) is 11.8 Å². The number of halogens is 1. The summed E-state index contributed by atoms with van der Waals surface area (Å²) in [6, 6.07) is 6.61. The summed E-state index contributed by atoms with van der Waals surface area (Å²) >= 11 is 0. The predicted octanol–water partition coefficient (Wildman–Crippen LogP) is 5.15. The molecule has 4 rings (SSSR count). The van der Waals surface area contributed by atoms with Crippen LogP contribution in [0, 0.1) is 17.7 Å². The summed E-state index contributed by atoms with van der Waals surface area (Å²) in [5, 5.41) is 0. The molecule has 2 unspecified atom stereocenters. The zero-order valence-corrected chi connectivity index (χ0v) is 15.8. The van der Waals surface area contributed by atoms with Gasteiger partial charge in [-0.1, -0.05) is 38.5 Å². The fourth-order valence-electron chi connectivity index (χ4n) is 4.29. The number of allylic oxidation sites excluding steroid dienone is 1. The molecule has 26 heavy (non-hydrogen) atoms. The highest BCUT2D eigenvalue weighted by Gasteiger charge is 2.48. The van der Waals surface area contributed by atoms with Crippen LogP contribution < -0.4 is 0 Å². The van der Waals surface area contributed by atoms with Crippen molar-refractivity contribution in [3.05, 3.63) is 41.2 Å². The van der Waals surface area contributed by atoms with Gasteiger partial charge < -0.3 is 9.47 Å². The second kappa shape index (κ2) is 8.45. The van der Waals surface area contributed by atoms with E-state index in [1.165, 1.54) is 12.5 Å². The van der Waals surface area contributed by atoms with E-state index in [0.29, 0.717) is 31.1 Å². The molecular weight excluding hydrogens is 331 g/mol. The smallest absolute Gasteiger partial charge is 0.168 e. The summed E-state index contributed by atoms with van der Waals surface area (Å²) in [5.74, 6) is -0.149. The van der Waals surface area contributed by atoms with Crippen molar-refractivity contribution in [2.45, 2.75) is 58.2 Å². The van der Waals surface area contributed by atoms with Crippen LogP contribution in [0.5, 0.6) is 0 Å². The van der Waals surface area contributed by atoms with E-state index >= 15 is 0 Å². The molecule has 1 aromatic rings. The van der Waals surface area contributed by atoms with Gasteiger partial charge in [-0.05, 0) is 42.9 Å². The molecule has 1 saturated heterocycles. The third kappa shape index (κ3) is 4.07. The van der Waals surface area contributed by atoms with Gasteiger partial charge in [-0.2, -0.15) is 0 Å². The van der Waals surface area contributed by atoms with Crippen molar-refractivity contribution in [3.63, 3.8) is 0 Å². The Kier molecular flexibility index (Phi) is 6.25. The Labute approximate surface area is 155 Å². The summed E-state index contributed by atoms with van der Waals surface area (Å²) in [6.07, 6.45) is 7.05. The van der Waals surface area contributed by atoms with Gasteiger partial charge in [0.05, 0.1) is 13.2 Å². The Bertz CT molecular complexity index is 661. The number of carbonyl (C=O) groups excluding carboxylic acids is 1. The predicted molar refractivity (Wildman–Crippen MR) is 100 cm³/mol. The lowest BCUT2D eigenvalue weighted by Crippen LogP contribution is -2.44. The van der Waals surface area contributed by atoms with Crippen molar-refractivity contribution >= 4 is 11.9 Å². The molecule has 2 atom stereocenters. The second-order valence-corrected chi connectivity index (χ2v) is 7.52. The molecule has 1 spiro atoms. The molecule has 3 nitrogen and oxygen atoms in total. The van der Waals surface area contributed by atoms with Gasteiger partial charge in [-0.15, -0.1) is 0 Å². The zero-order valence-electron chi connectivity index (χ0n) is 15.8. The molecule has 2 saturated carbocycles. The van der Waals surface area contributed by atoms with Crippen LogP contribution >= 0.6 is 0 Å². The zero-order chi connectivity index (χ0) is 18.6. The van der Waals surface area contributed by atoms with E-state index in [1.807, 2.05) is 0 Å². The number of benzene rings is 1. The van der Waals surface area contributed by atoms with Gasteiger partial charge in [0.25, 0.3) is 0 Å². The topological polar surface area (TPSA) is 35.5 Å². The average molecular weight is 360 g/mol. The van der Waals surface area contributed by atoms with Crippen LogP contribution in [-0.2, 0) is 14.3 Å². The van der Waals surface area contributed by atoms with Crippen molar-refractivity contribution in [2.75, 3.05) is 13.2 Å². The van der Waals surface area contributed by atoms with Gasteiger partial charge in [0.15, 0.2) is 11.6 Å². The maximum Gasteiger partial charge on any atom is 0.168 e. The standard InChI is InChI=1S/C19H21FO3.C3H8/c20-17-4-2-1-3-13(17)11-14-5-6-15-12-19(22-9-10-23-19)8-7-16(15)18(14)21;1-3-2/h1-4,11,15-16H,5-10,12H2;3H2,1-2H3/b14-11+;. The Morgan fingerprint density at radius 1 is 1.19 bits per heavy atom. The number of carbonyl (C=O) groups is 1. The molecule has 2 aliphatic carbocycles. The molecule has 142 valence electrons. The number of hydrogen-bond acceptors (Lipinski definition) is 3. The van der Waals surface area contributed by atoms with Crippen LogP contribution in [0.25, 0.3) is 6.08 Å². The minimum absolute atomic E-state index is 0.0419. The molecule has 1 heterocycles. The second-order valence-electron chi connectivity index (χ2n) is 7.52. The highest BCUT2D eigenvalue weighted by Crippen LogP contribution is 2.47. The monoisotopic (exact) mass is 360 g/mol. The Morgan fingerprint density at radius 3 is 2.58 bits per heavy atom. The molecule has 4 heteroatoms. The molecular formula is C22H29FO3. The highest BCUT2D eigenvalue weighted by atomic mass is 19.1. The first-order chi connectivity index (χ1) is 12.6. The van der Waals surface area contributed by atoms with Crippen LogP contribution in [0.2, 0.25) is 0 Å². The summed E-state index contributed by atoms with van der Waals surface area (Å²) in [5.41, 5.74) is 1.27.